The molecule has 0 radical (unpaired) electrons. The Bertz CT molecular complexity index is 656. The van der Waals surface area contributed by atoms with Crippen LogP contribution in [-0.4, -0.2) is 40.4 Å². The van der Waals surface area contributed by atoms with Crippen molar-refractivity contribution in [3.8, 4) is 11.1 Å². The van der Waals surface area contributed by atoms with E-state index in [4.69, 9.17) is 5.11 Å². The Balaban J connectivity index is 1.83. The minimum Gasteiger partial charge on any atom is -0.465 e. The summed E-state index contributed by atoms with van der Waals surface area (Å²) in [6, 6.07) is 18.3. The van der Waals surface area contributed by atoms with Gasteiger partial charge in [-0.15, -0.1) is 0 Å². The predicted octanol–water partition coefficient (Wildman–Crippen LogP) is 3.18. The van der Waals surface area contributed by atoms with Crippen LogP contribution in [0.15, 0.2) is 54.6 Å². The molecule has 4 nitrogen and oxygen atoms in total. The van der Waals surface area contributed by atoms with E-state index < -0.39 is 12.2 Å². The van der Waals surface area contributed by atoms with E-state index in [-0.39, 0.29) is 12.5 Å². The number of piperidine rings is 1. The van der Waals surface area contributed by atoms with Crippen LogP contribution in [0, 0.1) is 0 Å². The molecule has 2 atom stereocenters. The lowest BCUT2D eigenvalue weighted by Gasteiger charge is -2.34. The van der Waals surface area contributed by atoms with E-state index in [0.717, 1.165) is 16.7 Å². The molecule has 0 unspecified atom stereocenters. The molecule has 114 valence electrons. The van der Waals surface area contributed by atoms with Gasteiger partial charge < -0.3 is 15.1 Å². The summed E-state index contributed by atoms with van der Waals surface area (Å²) in [6.07, 6.45) is -0.975. The topological polar surface area (TPSA) is 60.8 Å². The van der Waals surface area contributed by atoms with E-state index in [1.165, 1.54) is 4.90 Å². The van der Waals surface area contributed by atoms with E-state index >= 15 is 0 Å². The zero-order valence-corrected chi connectivity index (χ0v) is 12.2. The molecule has 0 bridgehead atoms. The summed E-state index contributed by atoms with van der Waals surface area (Å²) in [4.78, 5) is 12.3. The Morgan fingerprint density at radius 2 is 1.77 bits per heavy atom. The molecule has 0 spiro atoms. The molecule has 0 saturated carbocycles. The molecule has 1 aliphatic rings. The van der Waals surface area contributed by atoms with Gasteiger partial charge in [0.15, 0.2) is 0 Å². The number of aliphatic hydroxyl groups excluding tert-OH is 1. The first-order chi connectivity index (χ1) is 10.6. The Kier molecular flexibility index (Phi) is 4.11. The maximum Gasteiger partial charge on any atom is 0.407 e. The normalized spacial score (nSPS) is 21.6. The molecule has 0 aliphatic carbocycles. The van der Waals surface area contributed by atoms with Crippen LogP contribution in [0.2, 0.25) is 0 Å². The lowest BCUT2D eigenvalue weighted by atomic mass is 9.86. The number of carboxylic acid groups (broad SMARTS) is 1. The summed E-state index contributed by atoms with van der Waals surface area (Å²) < 4.78 is 0. The van der Waals surface area contributed by atoms with Crippen LogP contribution >= 0.6 is 0 Å². The van der Waals surface area contributed by atoms with Crippen molar-refractivity contribution in [1.82, 2.24) is 4.90 Å². The molecular weight excluding hydrogens is 278 g/mol. The number of likely N-dealkylation sites (tertiary alicyclic amines) is 1. The molecule has 1 aliphatic heterocycles. The van der Waals surface area contributed by atoms with Crippen LogP contribution in [-0.2, 0) is 0 Å². The number of carbonyl (C=O) groups is 1. The summed E-state index contributed by atoms with van der Waals surface area (Å²) in [7, 11) is 0. The molecule has 4 heteroatoms. The smallest absolute Gasteiger partial charge is 0.407 e. The van der Waals surface area contributed by atoms with E-state index in [9.17, 15) is 9.90 Å². The molecular formula is C18H19NO3. The van der Waals surface area contributed by atoms with Crippen molar-refractivity contribution in [2.24, 2.45) is 0 Å². The second kappa shape index (κ2) is 6.20. The molecule has 2 N–H and O–H groups in total. The Labute approximate surface area is 129 Å². The van der Waals surface area contributed by atoms with Crippen molar-refractivity contribution in [1.29, 1.82) is 0 Å². The first-order valence-electron chi connectivity index (χ1n) is 7.46. The van der Waals surface area contributed by atoms with Crippen molar-refractivity contribution in [2.45, 2.75) is 18.4 Å². The van der Waals surface area contributed by atoms with Crippen LogP contribution in [0.25, 0.3) is 11.1 Å². The van der Waals surface area contributed by atoms with Crippen molar-refractivity contribution in [2.75, 3.05) is 13.1 Å². The van der Waals surface area contributed by atoms with Gasteiger partial charge in [0.1, 0.15) is 0 Å². The van der Waals surface area contributed by atoms with Gasteiger partial charge in [-0.1, -0.05) is 54.6 Å². The molecule has 2 aromatic rings. The highest BCUT2D eigenvalue weighted by Gasteiger charge is 2.31. The van der Waals surface area contributed by atoms with Gasteiger partial charge in [-0.25, -0.2) is 4.79 Å². The number of rotatable bonds is 2. The predicted molar refractivity (Wildman–Crippen MR) is 84.8 cm³/mol. The number of benzene rings is 2. The fourth-order valence-electron chi connectivity index (χ4n) is 3.07. The Morgan fingerprint density at radius 3 is 2.45 bits per heavy atom. The monoisotopic (exact) mass is 297 g/mol. The van der Waals surface area contributed by atoms with Crippen LogP contribution < -0.4 is 0 Å². The first kappa shape index (κ1) is 14.6. The second-order valence-corrected chi connectivity index (χ2v) is 5.68. The third kappa shape index (κ3) is 2.97. The quantitative estimate of drug-likeness (QED) is 0.895. The fourth-order valence-corrected chi connectivity index (χ4v) is 3.07. The summed E-state index contributed by atoms with van der Waals surface area (Å²) in [5.74, 6) is -0.0146. The third-order valence-corrected chi connectivity index (χ3v) is 4.27. The van der Waals surface area contributed by atoms with Gasteiger partial charge in [-0.3, -0.25) is 0 Å². The number of hydrogen-bond acceptors (Lipinski definition) is 2. The molecule has 1 saturated heterocycles. The Hall–Kier alpha value is -2.33. The number of hydrogen-bond donors (Lipinski definition) is 2. The summed E-state index contributed by atoms with van der Waals surface area (Å²) >= 11 is 0. The minimum atomic E-state index is -0.962. The fraction of sp³-hybridized carbons (Fsp3) is 0.278. The van der Waals surface area contributed by atoms with Crippen LogP contribution in [0.1, 0.15) is 17.9 Å². The zero-order valence-electron chi connectivity index (χ0n) is 12.2. The number of β-amino-alcohol motifs (C(OH)–C–C–N with tert-alkyl or cyclic N) is 1. The van der Waals surface area contributed by atoms with E-state index in [1.807, 2.05) is 30.3 Å². The van der Waals surface area contributed by atoms with E-state index in [2.05, 4.69) is 24.3 Å². The van der Waals surface area contributed by atoms with E-state index in [1.54, 1.807) is 0 Å². The molecule has 0 aromatic heterocycles. The van der Waals surface area contributed by atoms with Crippen LogP contribution in [0.3, 0.4) is 0 Å². The lowest BCUT2D eigenvalue weighted by molar-refractivity contribution is 0.0504. The minimum absolute atomic E-state index is 0.0146. The summed E-state index contributed by atoms with van der Waals surface area (Å²) in [5.41, 5.74) is 3.33. The van der Waals surface area contributed by atoms with Crippen LogP contribution in [0.4, 0.5) is 4.79 Å². The van der Waals surface area contributed by atoms with Gasteiger partial charge in [-0.05, 0) is 23.1 Å². The van der Waals surface area contributed by atoms with Crippen molar-refractivity contribution in [3.05, 3.63) is 60.2 Å². The molecule has 1 amide bonds. The summed E-state index contributed by atoms with van der Waals surface area (Å²) in [6.45, 7) is 0.641. The van der Waals surface area contributed by atoms with Crippen molar-refractivity contribution in [3.63, 3.8) is 0 Å². The van der Waals surface area contributed by atoms with E-state index in [0.29, 0.717) is 13.0 Å². The lowest BCUT2D eigenvalue weighted by Crippen LogP contribution is -2.45. The molecule has 2 aromatic carbocycles. The third-order valence-electron chi connectivity index (χ3n) is 4.27. The van der Waals surface area contributed by atoms with Gasteiger partial charge >= 0.3 is 6.09 Å². The largest absolute Gasteiger partial charge is 0.465 e. The van der Waals surface area contributed by atoms with Gasteiger partial charge in [-0.2, -0.15) is 0 Å². The standard InChI is InChI=1S/C18H19NO3/c20-17-12-19(18(21)22)10-9-16(17)15-8-4-7-14(11-15)13-5-2-1-3-6-13/h1-8,11,16-17,20H,9-10,12H2,(H,21,22)/t16-,17+/m1/s1. The van der Waals surface area contributed by atoms with Crippen molar-refractivity contribution >= 4 is 6.09 Å². The Morgan fingerprint density at radius 1 is 1.05 bits per heavy atom. The average molecular weight is 297 g/mol. The number of aliphatic hydroxyl groups is 1. The van der Waals surface area contributed by atoms with Crippen molar-refractivity contribution < 1.29 is 15.0 Å². The average Bonchev–Trinajstić information content (AvgIpc) is 2.55. The molecule has 1 heterocycles. The molecule has 3 rings (SSSR count). The molecule has 22 heavy (non-hydrogen) atoms. The zero-order chi connectivity index (χ0) is 15.5. The summed E-state index contributed by atoms with van der Waals surface area (Å²) in [5, 5.41) is 19.3. The maximum absolute atomic E-state index is 11.0. The SMILES string of the molecule is O=C(O)N1CC[C@H](c2cccc(-c3ccccc3)c2)[C@@H](O)C1. The highest BCUT2D eigenvalue weighted by atomic mass is 16.4. The van der Waals surface area contributed by atoms with Gasteiger partial charge in [0.25, 0.3) is 0 Å². The van der Waals surface area contributed by atoms with Gasteiger partial charge in [0.2, 0.25) is 0 Å². The van der Waals surface area contributed by atoms with Crippen LogP contribution in [0.5, 0.6) is 0 Å². The number of nitrogens with zero attached hydrogens (tertiary/aromatic N) is 1. The highest BCUT2D eigenvalue weighted by Crippen LogP contribution is 2.31. The highest BCUT2D eigenvalue weighted by molar-refractivity contribution is 5.66. The van der Waals surface area contributed by atoms with Gasteiger partial charge in [0, 0.05) is 12.5 Å². The molecule has 1 fully saturated rings. The maximum atomic E-state index is 11.0. The second-order valence-electron chi connectivity index (χ2n) is 5.68. The first-order valence-corrected chi connectivity index (χ1v) is 7.46. The van der Waals surface area contributed by atoms with Gasteiger partial charge in [0.05, 0.1) is 12.6 Å². The number of amides is 1.